The highest BCUT2D eigenvalue weighted by molar-refractivity contribution is 6.74. The summed E-state index contributed by atoms with van der Waals surface area (Å²) in [7, 11) is -1.92. The Morgan fingerprint density at radius 3 is 1.81 bits per heavy atom. The molecule has 0 aliphatic carbocycles. The van der Waals surface area contributed by atoms with Crippen LogP contribution in [0.25, 0.3) is 0 Å². The number of esters is 1. The van der Waals surface area contributed by atoms with E-state index in [-0.39, 0.29) is 29.1 Å². The van der Waals surface area contributed by atoms with Gasteiger partial charge in [0.15, 0.2) is 8.32 Å². The highest BCUT2D eigenvalue weighted by atomic mass is 28.4. The van der Waals surface area contributed by atoms with Crippen molar-refractivity contribution in [1.29, 1.82) is 0 Å². The predicted molar refractivity (Wildman–Crippen MR) is 141 cm³/mol. The van der Waals surface area contributed by atoms with E-state index in [0.717, 1.165) is 25.7 Å². The molecule has 1 fully saturated rings. The molecule has 1 saturated heterocycles. The summed E-state index contributed by atoms with van der Waals surface area (Å²) in [6.45, 7) is 16.0. The average molecular weight is 469 g/mol. The van der Waals surface area contributed by atoms with Crippen LogP contribution in [0.2, 0.25) is 18.1 Å². The molecule has 0 amide bonds. The molecular formula is C28H56O3Si. The predicted octanol–water partition coefficient (Wildman–Crippen LogP) is 9.20. The molecule has 0 aromatic heterocycles. The van der Waals surface area contributed by atoms with Crippen LogP contribution >= 0.6 is 0 Å². The molecule has 0 radical (unpaired) electrons. The number of carbonyl (C=O) groups is 1. The van der Waals surface area contributed by atoms with E-state index in [4.69, 9.17) is 9.16 Å². The standard InChI is InChI=1S/C28H56O3Si/c1-8-10-12-14-15-16-17-18-19-21-24-23-26(31-32(6,7)28(3,4)5)25(27(29)30-24)22-20-13-11-9-2/h24-26H,8-23H2,1-7H3/t24-,25+,26+/m1/s1. The van der Waals surface area contributed by atoms with Crippen LogP contribution in [0.5, 0.6) is 0 Å². The van der Waals surface area contributed by atoms with Crippen molar-refractivity contribution < 1.29 is 14.0 Å². The molecule has 190 valence electrons. The third kappa shape index (κ3) is 11.2. The Morgan fingerprint density at radius 1 is 0.812 bits per heavy atom. The van der Waals surface area contributed by atoms with Gasteiger partial charge < -0.3 is 9.16 Å². The Kier molecular flexibility index (Phi) is 14.4. The van der Waals surface area contributed by atoms with Gasteiger partial charge in [-0.25, -0.2) is 0 Å². The van der Waals surface area contributed by atoms with Crippen LogP contribution in [-0.2, 0) is 14.0 Å². The highest BCUT2D eigenvalue weighted by Gasteiger charge is 2.45. The van der Waals surface area contributed by atoms with Gasteiger partial charge in [-0.1, -0.05) is 112 Å². The van der Waals surface area contributed by atoms with Crippen LogP contribution in [0.3, 0.4) is 0 Å². The van der Waals surface area contributed by atoms with E-state index in [1.54, 1.807) is 0 Å². The van der Waals surface area contributed by atoms with Crippen LogP contribution in [0.15, 0.2) is 0 Å². The van der Waals surface area contributed by atoms with Gasteiger partial charge in [-0.15, -0.1) is 0 Å². The second kappa shape index (κ2) is 15.5. The molecule has 0 N–H and O–H groups in total. The first-order chi connectivity index (χ1) is 15.1. The van der Waals surface area contributed by atoms with E-state index in [9.17, 15) is 4.79 Å². The minimum absolute atomic E-state index is 0.0115. The lowest BCUT2D eigenvalue weighted by Gasteiger charge is -2.44. The number of hydrogen-bond acceptors (Lipinski definition) is 3. The van der Waals surface area contributed by atoms with E-state index in [1.807, 2.05) is 0 Å². The molecule has 1 aliphatic heterocycles. The molecule has 1 aliphatic rings. The third-order valence-electron chi connectivity index (χ3n) is 7.78. The van der Waals surface area contributed by atoms with Crippen molar-refractivity contribution in [2.75, 3.05) is 0 Å². The van der Waals surface area contributed by atoms with E-state index in [2.05, 4.69) is 47.7 Å². The van der Waals surface area contributed by atoms with Crippen molar-refractivity contribution in [3.05, 3.63) is 0 Å². The summed E-state index contributed by atoms with van der Waals surface area (Å²) in [5, 5.41) is 0.160. The second-order valence-electron chi connectivity index (χ2n) is 11.8. The number of unbranched alkanes of at least 4 members (excludes halogenated alkanes) is 11. The topological polar surface area (TPSA) is 35.5 Å². The van der Waals surface area contributed by atoms with Crippen molar-refractivity contribution in [3.63, 3.8) is 0 Å². The molecule has 0 saturated carbocycles. The van der Waals surface area contributed by atoms with Crippen molar-refractivity contribution in [2.24, 2.45) is 5.92 Å². The van der Waals surface area contributed by atoms with Crippen molar-refractivity contribution in [1.82, 2.24) is 0 Å². The average Bonchev–Trinajstić information content (AvgIpc) is 2.70. The molecule has 4 heteroatoms. The van der Waals surface area contributed by atoms with Gasteiger partial charge in [-0.05, 0) is 37.4 Å². The summed E-state index contributed by atoms with van der Waals surface area (Å²) in [6.07, 6.45) is 19.6. The molecule has 1 heterocycles. The zero-order valence-electron chi connectivity index (χ0n) is 22.8. The van der Waals surface area contributed by atoms with Crippen molar-refractivity contribution >= 4 is 14.3 Å². The Balaban J connectivity index is 2.54. The van der Waals surface area contributed by atoms with Crippen LogP contribution in [-0.4, -0.2) is 26.5 Å². The minimum Gasteiger partial charge on any atom is -0.462 e. The zero-order valence-corrected chi connectivity index (χ0v) is 23.8. The molecule has 3 atom stereocenters. The molecular weight excluding hydrogens is 412 g/mol. The molecule has 32 heavy (non-hydrogen) atoms. The maximum absolute atomic E-state index is 13.0. The summed E-state index contributed by atoms with van der Waals surface area (Å²) < 4.78 is 12.8. The fraction of sp³-hybridized carbons (Fsp3) is 0.964. The fourth-order valence-electron chi connectivity index (χ4n) is 4.51. The minimum atomic E-state index is -1.92. The Bertz CT molecular complexity index is 497. The van der Waals surface area contributed by atoms with E-state index >= 15 is 0 Å². The molecule has 0 spiro atoms. The normalized spacial score (nSPS) is 22.2. The number of ether oxygens (including phenoxy) is 1. The van der Waals surface area contributed by atoms with Crippen molar-refractivity contribution in [3.8, 4) is 0 Å². The van der Waals surface area contributed by atoms with Gasteiger partial charge in [0.2, 0.25) is 0 Å². The van der Waals surface area contributed by atoms with Crippen molar-refractivity contribution in [2.45, 2.75) is 168 Å². The highest BCUT2D eigenvalue weighted by Crippen LogP contribution is 2.41. The monoisotopic (exact) mass is 468 g/mol. The molecule has 0 aromatic carbocycles. The Hall–Kier alpha value is -0.353. The largest absolute Gasteiger partial charge is 0.462 e. The molecule has 0 aromatic rings. The summed E-state index contributed by atoms with van der Waals surface area (Å²) in [4.78, 5) is 13.0. The lowest BCUT2D eigenvalue weighted by molar-refractivity contribution is -0.170. The maximum atomic E-state index is 13.0. The summed E-state index contributed by atoms with van der Waals surface area (Å²) >= 11 is 0. The molecule has 0 bridgehead atoms. The van der Waals surface area contributed by atoms with E-state index in [1.165, 1.54) is 77.0 Å². The zero-order chi connectivity index (χ0) is 24.0. The van der Waals surface area contributed by atoms with Gasteiger partial charge in [0.25, 0.3) is 0 Å². The van der Waals surface area contributed by atoms with Crippen LogP contribution in [0, 0.1) is 5.92 Å². The van der Waals surface area contributed by atoms with E-state index < -0.39 is 8.32 Å². The summed E-state index contributed by atoms with van der Waals surface area (Å²) in [5.74, 6) is -0.0577. The number of cyclic esters (lactones) is 1. The lowest BCUT2D eigenvalue weighted by Crippen LogP contribution is -2.51. The van der Waals surface area contributed by atoms with Gasteiger partial charge in [0, 0.05) is 6.42 Å². The van der Waals surface area contributed by atoms with Gasteiger partial charge in [0.05, 0.1) is 12.0 Å². The fourth-order valence-corrected chi connectivity index (χ4v) is 5.89. The SMILES string of the molecule is CCCCCCCCCCC[C@@H]1C[C@H](O[Si](C)(C)C(C)(C)C)[C@H](CCCCCC)C(=O)O1. The molecule has 1 rings (SSSR count). The summed E-state index contributed by atoms with van der Waals surface area (Å²) in [5.41, 5.74) is 0. The van der Waals surface area contributed by atoms with E-state index in [0.29, 0.717) is 0 Å². The maximum Gasteiger partial charge on any atom is 0.311 e. The molecule has 3 nitrogen and oxygen atoms in total. The quantitative estimate of drug-likeness (QED) is 0.121. The van der Waals surface area contributed by atoms with Gasteiger partial charge in [-0.3, -0.25) is 4.79 Å². The molecule has 0 unspecified atom stereocenters. The second-order valence-corrected chi connectivity index (χ2v) is 16.5. The number of rotatable bonds is 17. The number of carbonyl (C=O) groups excluding carboxylic acids is 1. The first-order valence-electron chi connectivity index (χ1n) is 14.0. The van der Waals surface area contributed by atoms with Gasteiger partial charge >= 0.3 is 5.97 Å². The van der Waals surface area contributed by atoms with Gasteiger partial charge in [-0.2, -0.15) is 0 Å². The smallest absolute Gasteiger partial charge is 0.311 e. The third-order valence-corrected chi connectivity index (χ3v) is 12.3. The van der Waals surface area contributed by atoms with Crippen LogP contribution in [0.1, 0.15) is 137 Å². The summed E-state index contributed by atoms with van der Waals surface area (Å²) in [6, 6.07) is 0. The van der Waals surface area contributed by atoms with Gasteiger partial charge in [0.1, 0.15) is 6.10 Å². The first-order valence-corrected chi connectivity index (χ1v) is 16.9. The first kappa shape index (κ1) is 29.7. The Morgan fingerprint density at radius 2 is 1.28 bits per heavy atom. The number of hydrogen-bond donors (Lipinski definition) is 0. The van der Waals surface area contributed by atoms with Crippen LogP contribution < -0.4 is 0 Å². The lowest BCUT2D eigenvalue weighted by atomic mass is 9.88. The Labute approximate surface area is 201 Å². The van der Waals surface area contributed by atoms with Crippen LogP contribution in [0.4, 0.5) is 0 Å².